The first-order chi connectivity index (χ1) is 18.7. The van der Waals surface area contributed by atoms with Gasteiger partial charge in [0.15, 0.2) is 0 Å². The smallest absolute Gasteiger partial charge is 0.264 e. The minimum absolute atomic E-state index is 0.0345. The average molecular weight is 552 g/mol. The quantitative estimate of drug-likeness (QED) is 0.392. The van der Waals surface area contributed by atoms with Crippen molar-refractivity contribution in [2.24, 2.45) is 0 Å². The Morgan fingerprint density at radius 2 is 1.56 bits per heavy atom. The third kappa shape index (κ3) is 6.65. The molecule has 4 rings (SSSR count). The Bertz CT molecular complexity index is 1410. The number of aryl methyl sites for hydroxylation is 1. The maximum absolute atomic E-state index is 14.7. The minimum Gasteiger partial charge on any atom is -0.352 e. The molecule has 3 aromatic rings. The molecule has 9 heteroatoms. The molecule has 7 nitrogen and oxygen atoms in total. The highest BCUT2D eigenvalue weighted by Crippen LogP contribution is 2.27. The van der Waals surface area contributed by atoms with Gasteiger partial charge in [-0.05, 0) is 56.5 Å². The van der Waals surface area contributed by atoms with Crippen LogP contribution in [0, 0.1) is 12.7 Å². The first-order valence-electron chi connectivity index (χ1n) is 13.1. The van der Waals surface area contributed by atoms with Crippen molar-refractivity contribution in [1.29, 1.82) is 0 Å². The molecule has 0 radical (unpaired) electrons. The van der Waals surface area contributed by atoms with Gasteiger partial charge in [0.05, 0.1) is 10.6 Å². The maximum atomic E-state index is 14.7. The van der Waals surface area contributed by atoms with E-state index in [0.717, 1.165) is 30.0 Å². The zero-order valence-corrected chi connectivity index (χ0v) is 23.0. The van der Waals surface area contributed by atoms with Gasteiger partial charge in [-0.2, -0.15) is 0 Å². The van der Waals surface area contributed by atoms with Crippen LogP contribution in [0.1, 0.15) is 43.7 Å². The molecule has 3 aromatic carbocycles. The van der Waals surface area contributed by atoms with E-state index in [1.807, 2.05) is 0 Å². The number of para-hydroxylation sites is 1. The molecule has 1 N–H and O–H groups in total. The van der Waals surface area contributed by atoms with Crippen LogP contribution in [0.2, 0.25) is 0 Å². The van der Waals surface area contributed by atoms with Crippen molar-refractivity contribution in [3.63, 3.8) is 0 Å². The molecule has 0 heterocycles. The van der Waals surface area contributed by atoms with Gasteiger partial charge in [-0.15, -0.1) is 0 Å². The molecule has 1 aliphatic carbocycles. The molecule has 0 aromatic heterocycles. The molecule has 1 saturated carbocycles. The fourth-order valence-electron chi connectivity index (χ4n) is 4.86. The zero-order chi connectivity index (χ0) is 28.0. The Labute approximate surface area is 229 Å². The number of carbonyl (C=O) groups excluding carboxylic acids is 2. The Morgan fingerprint density at radius 1 is 0.949 bits per heavy atom. The number of amides is 2. The Morgan fingerprint density at radius 3 is 2.23 bits per heavy atom. The maximum Gasteiger partial charge on any atom is 0.264 e. The monoisotopic (exact) mass is 551 g/mol. The predicted octanol–water partition coefficient (Wildman–Crippen LogP) is 4.81. The number of benzene rings is 3. The SMILES string of the molecule is Cc1ccccc1N(CC(=O)N(Cc1ccccc1F)[C@H](C)C(=O)NC1CCCC1)S(=O)(=O)c1ccccc1. The summed E-state index contributed by atoms with van der Waals surface area (Å²) in [4.78, 5) is 28.4. The number of halogens is 1. The van der Waals surface area contributed by atoms with Gasteiger partial charge in [-0.3, -0.25) is 13.9 Å². The summed E-state index contributed by atoms with van der Waals surface area (Å²) in [5.74, 6) is -1.47. The van der Waals surface area contributed by atoms with E-state index in [1.54, 1.807) is 74.5 Å². The average Bonchev–Trinajstić information content (AvgIpc) is 3.45. The standard InChI is InChI=1S/C30H34FN3O4S/c1-22-12-6-11-19-28(22)34(39(37,38)26-16-4-3-5-17-26)21-29(35)33(20-24-13-7-10-18-27(24)31)23(2)30(36)32-25-14-8-9-15-25/h3-7,10-13,16-19,23,25H,8-9,14-15,20-21H2,1-2H3,(H,32,36)/t23-/m1/s1. The molecule has 2 amide bonds. The van der Waals surface area contributed by atoms with Gasteiger partial charge in [0, 0.05) is 18.2 Å². The molecule has 0 saturated heterocycles. The van der Waals surface area contributed by atoms with Crippen LogP contribution in [0.3, 0.4) is 0 Å². The van der Waals surface area contributed by atoms with E-state index >= 15 is 0 Å². The van der Waals surface area contributed by atoms with Crippen molar-refractivity contribution in [2.45, 2.75) is 63.1 Å². The number of anilines is 1. The lowest BCUT2D eigenvalue weighted by atomic mass is 10.1. The topological polar surface area (TPSA) is 86.8 Å². The van der Waals surface area contributed by atoms with Crippen molar-refractivity contribution in [3.8, 4) is 0 Å². The van der Waals surface area contributed by atoms with Gasteiger partial charge >= 0.3 is 0 Å². The number of nitrogens with one attached hydrogen (secondary N) is 1. The second kappa shape index (κ2) is 12.4. The third-order valence-electron chi connectivity index (χ3n) is 7.16. The lowest BCUT2D eigenvalue weighted by Gasteiger charge is -2.33. The second-order valence-corrected chi connectivity index (χ2v) is 11.8. The Hall–Kier alpha value is -3.72. The predicted molar refractivity (Wildman–Crippen MR) is 149 cm³/mol. The van der Waals surface area contributed by atoms with Crippen LogP contribution in [-0.2, 0) is 26.2 Å². The van der Waals surface area contributed by atoms with Crippen LogP contribution in [0.15, 0.2) is 83.8 Å². The molecular weight excluding hydrogens is 517 g/mol. The fraction of sp³-hybridized carbons (Fsp3) is 0.333. The third-order valence-corrected chi connectivity index (χ3v) is 8.94. The number of hydrogen-bond donors (Lipinski definition) is 1. The van der Waals surface area contributed by atoms with Crippen molar-refractivity contribution in [2.75, 3.05) is 10.8 Å². The number of rotatable bonds is 10. The normalized spacial score (nSPS) is 14.5. The van der Waals surface area contributed by atoms with E-state index in [2.05, 4.69) is 5.32 Å². The molecule has 206 valence electrons. The summed E-state index contributed by atoms with van der Waals surface area (Å²) in [7, 11) is -4.14. The lowest BCUT2D eigenvalue weighted by molar-refractivity contribution is -0.139. The van der Waals surface area contributed by atoms with E-state index in [9.17, 15) is 22.4 Å². The summed E-state index contributed by atoms with van der Waals surface area (Å²) in [6.45, 7) is 2.62. The highest BCUT2D eigenvalue weighted by atomic mass is 32.2. The molecular formula is C30H34FN3O4S. The van der Waals surface area contributed by atoms with Gasteiger partial charge in [0.2, 0.25) is 11.8 Å². The molecule has 0 aliphatic heterocycles. The van der Waals surface area contributed by atoms with E-state index in [1.165, 1.54) is 23.1 Å². The fourth-order valence-corrected chi connectivity index (χ4v) is 6.36. The molecule has 39 heavy (non-hydrogen) atoms. The summed E-state index contributed by atoms with van der Waals surface area (Å²) in [5, 5.41) is 3.01. The largest absolute Gasteiger partial charge is 0.352 e. The van der Waals surface area contributed by atoms with Crippen LogP contribution >= 0.6 is 0 Å². The molecule has 1 fully saturated rings. The molecule has 1 atom stereocenters. The van der Waals surface area contributed by atoms with Gasteiger partial charge in [0.25, 0.3) is 10.0 Å². The second-order valence-electron chi connectivity index (χ2n) is 9.89. The Kier molecular flexibility index (Phi) is 9.01. The number of carbonyl (C=O) groups is 2. The van der Waals surface area contributed by atoms with Gasteiger partial charge < -0.3 is 10.2 Å². The van der Waals surface area contributed by atoms with E-state index in [-0.39, 0.29) is 29.0 Å². The summed E-state index contributed by atoms with van der Waals surface area (Å²) in [6.07, 6.45) is 3.80. The molecule has 0 spiro atoms. The van der Waals surface area contributed by atoms with Crippen LogP contribution in [-0.4, -0.2) is 43.8 Å². The van der Waals surface area contributed by atoms with Gasteiger partial charge in [0.1, 0.15) is 18.4 Å². The summed E-state index contributed by atoms with van der Waals surface area (Å²) in [6, 6.07) is 19.9. The number of nitrogens with zero attached hydrogens (tertiary/aromatic N) is 2. The summed E-state index contributed by atoms with van der Waals surface area (Å²) in [5.41, 5.74) is 1.25. The highest BCUT2D eigenvalue weighted by molar-refractivity contribution is 7.92. The van der Waals surface area contributed by atoms with E-state index in [0.29, 0.717) is 11.3 Å². The summed E-state index contributed by atoms with van der Waals surface area (Å²) < 4.78 is 43.3. The van der Waals surface area contributed by atoms with Crippen LogP contribution in [0.5, 0.6) is 0 Å². The van der Waals surface area contributed by atoms with Crippen molar-refractivity contribution in [3.05, 3.63) is 95.8 Å². The van der Waals surface area contributed by atoms with Crippen molar-refractivity contribution in [1.82, 2.24) is 10.2 Å². The molecule has 1 aliphatic rings. The van der Waals surface area contributed by atoms with E-state index in [4.69, 9.17) is 0 Å². The van der Waals surface area contributed by atoms with Crippen LogP contribution < -0.4 is 9.62 Å². The van der Waals surface area contributed by atoms with Crippen LogP contribution in [0.4, 0.5) is 10.1 Å². The first-order valence-corrected chi connectivity index (χ1v) is 14.6. The van der Waals surface area contributed by atoms with Crippen molar-refractivity contribution < 1.29 is 22.4 Å². The molecule has 0 bridgehead atoms. The Balaban J connectivity index is 1.69. The van der Waals surface area contributed by atoms with Crippen LogP contribution in [0.25, 0.3) is 0 Å². The number of hydrogen-bond acceptors (Lipinski definition) is 4. The van der Waals surface area contributed by atoms with Gasteiger partial charge in [-0.25, -0.2) is 12.8 Å². The minimum atomic E-state index is -4.14. The zero-order valence-electron chi connectivity index (χ0n) is 22.2. The summed E-state index contributed by atoms with van der Waals surface area (Å²) >= 11 is 0. The van der Waals surface area contributed by atoms with Gasteiger partial charge in [-0.1, -0.05) is 67.4 Å². The first kappa shape index (κ1) is 28.3. The molecule has 0 unspecified atom stereocenters. The lowest BCUT2D eigenvalue weighted by Crippen LogP contribution is -2.52. The van der Waals surface area contributed by atoms with E-state index < -0.39 is 34.3 Å². The highest BCUT2D eigenvalue weighted by Gasteiger charge is 2.34. The number of sulfonamides is 1. The van der Waals surface area contributed by atoms with Crippen molar-refractivity contribution >= 4 is 27.5 Å².